The maximum absolute atomic E-state index is 14.2. The minimum absolute atomic E-state index is 0.0113. The predicted molar refractivity (Wildman–Crippen MR) is 253 cm³/mol. The van der Waals surface area contributed by atoms with E-state index in [1.54, 1.807) is 0 Å². The number of aliphatic hydroxyl groups excluding tert-OH is 1. The third-order valence-electron chi connectivity index (χ3n) is 12.3. The summed E-state index contributed by atoms with van der Waals surface area (Å²) in [6.07, 6.45) is 18.0. The number of unbranched alkanes of at least 4 members (excludes halogenated alkanes) is 12. The normalized spacial score (nSPS) is 14.5. The number of carbonyl (C=O) groups is 6. The molecule has 0 aliphatic carbocycles. The maximum atomic E-state index is 14.2. The predicted octanol–water partition coefficient (Wildman–Crippen LogP) is 5.10. The highest BCUT2D eigenvalue weighted by molar-refractivity contribution is 5.96. The van der Waals surface area contributed by atoms with E-state index in [1.165, 1.54) is 64.8 Å². The SMILES string of the molecule is CCCCCCCCCCCCCCCC(=O)C[C@@H](CCCN=C(N)N)C(=O)N[C@H](C(=O)C[C@@H](CCCN=C(N)N)C(=O)N[C@@H](CO)C(=O)C[C@H](C(=O)NC)[C@@H](C)CC)[C@@H](C)CC. The van der Waals surface area contributed by atoms with Crippen LogP contribution in [0, 0.1) is 29.6 Å². The van der Waals surface area contributed by atoms with Crippen LogP contribution in [0.1, 0.15) is 182 Å². The summed E-state index contributed by atoms with van der Waals surface area (Å²) in [5.74, 6) is -5.24. The highest BCUT2D eigenvalue weighted by Crippen LogP contribution is 2.23. The zero-order valence-electron chi connectivity index (χ0n) is 40.0. The second kappa shape index (κ2) is 36.3. The van der Waals surface area contributed by atoms with Gasteiger partial charge in [0.25, 0.3) is 0 Å². The van der Waals surface area contributed by atoms with Gasteiger partial charge >= 0.3 is 0 Å². The van der Waals surface area contributed by atoms with Crippen molar-refractivity contribution in [2.75, 3.05) is 26.7 Å². The first-order valence-electron chi connectivity index (χ1n) is 24.2. The third kappa shape index (κ3) is 27.7. The van der Waals surface area contributed by atoms with Crippen molar-refractivity contribution >= 4 is 47.0 Å². The van der Waals surface area contributed by atoms with E-state index in [4.69, 9.17) is 22.9 Å². The van der Waals surface area contributed by atoms with Gasteiger partial charge in [0.1, 0.15) is 11.8 Å². The van der Waals surface area contributed by atoms with E-state index in [9.17, 15) is 33.9 Å². The van der Waals surface area contributed by atoms with E-state index >= 15 is 0 Å². The molecule has 3 amide bonds. The Hall–Kier alpha value is -4.08. The summed E-state index contributed by atoms with van der Waals surface area (Å²) in [5, 5.41) is 18.4. The second-order valence-electron chi connectivity index (χ2n) is 17.6. The topological polar surface area (TPSA) is 288 Å². The summed E-state index contributed by atoms with van der Waals surface area (Å²) >= 11 is 0. The van der Waals surface area contributed by atoms with Gasteiger partial charge in [-0.25, -0.2) is 0 Å². The molecule has 0 heterocycles. The fourth-order valence-electron chi connectivity index (χ4n) is 7.78. The van der Waals surface area contributed by atoms with Crippen molar-refractivity contribution in [3.63, 3.8) is 0 Å². The van der Waals surface area contributed by atoms with Gasteiger partial charge < -0.3 is 44.0 Å². The van der Waals surface area contributed by atoms with E-state index in [0.717, 1.165) is 25.7 Å². The monoisotopic (exact) mass is 892 g/mol. The minimum Gasteiger partial charge on any atom is -0.394 e. The molecule has 0 fully saturated rings. The zero-order valence-corrected chi connectivity index (χ0v) is 40.0. The Kier molecular flexibility index (Phi) is 33.9. The van der Waals surface area contributed by atoms with Crippen molar-refractivity contribution in [2.45, 2.75) is 194 Å². The van der Waals surface area contributed by atoms with Crippen LogP contribution in [-0.2, 0) is 28.8 Å². The third-order valence-corrected chi connectivity index (χ3v) is 12.3. The molecule has 16 heteroatoms. The van der Waals surface area contributed by atoms with Crippen LogP contribution in [0.15, 0.2) is 9.98 Å². The lowest BCUT2D eigenvalue weighted by atomic mass is 9.85. The average Bonchev–Trinajstić information content (AvgIpc) is 3.25. The number of Topliss-reactive ketones (excluding diaryl/α,β-unsaturated/α-hetero) is 3. The number of rotatable bonds is 40. The van der Waals surface area contributed by atoms with Crippen molar-refractivity contribution < 1.29 is 33.9 Å². The van der Waals surface area contributed by atoms with E-state index in [1.807, 2.05) is 27.7 Å². The van der Waals surface area contributed by atoms with E-state index in [2.05, 4.69) is 32.9 Å². The quantitative estimate of drug-likeness (QED) is 0.0227. The molecule has 0 aromatic carbocycles. The largest absolute Gasteiger partial charge is 0.394 e. The molecule has 16 nitrogen and oxygen atoms in total. The lowest BCUT2D eigenvalue weighted by molar-refractivity contribution is -0.136. The maximum Gasteiger partial charge on any atom is 0.224 e. The molecule has 364 valence electrons. The molecule has 0 aliphatic rings. The highest BCUT2D eigenvalue weighted by atomic mass is 16.3. The van der Waals surface area contributed by atoms with Crippen molar-refractivity contribution in [2.24, 2.45) is 62.5 Å². The zero-order chi connectivity index (χ0) is 47.6. The Morgan fingerprint density at radius 2 is 1.02 bits per heavy atom. The fraction of sp³-hybridized carbons (Fsp3) is 0.830. The van der Waals surface area contributed by atoms with Crippen LogP contribution < -0.4 is 38.9 Å². The van der Waals surface area contributed by atoms with Gasteiger partial charge in [-0.1, -0.05) is 125 Å². The van der Waals surface area contributed by atoms with E-state index < -0.39 is 54.0 Å². The Morgan fingerprint density at radius 3 is 1.46 bits per heavy atom. The van der Waals surface area contributed by atoms with Crippen LogP contribution in [0.3, 0.4) is 0 Å². The molecule has 0 radical (unpaired) electrons. The van der Waals surface area contributed by atoms with Gasteiger partial charge in [-0.2, -0.15) is 0 Å². The smallest absolute Gasteiger partial charge is 0.224 e. The molecule has 12 N–H and O–H groups in total. The van der Waals surface area contributed by atoms with Gasteiger partial charge in [0.15, 0.2) is 23.5 Å². The molecule has 0 saturated carbocycles. The molecule has 0 rings (SSSR count). The number of amides is 3. The molecule has 0 unspecified atom stereocenters. The number of nitrogens with one attached hydrogen (secondary N) is 3. The molecule has 0 saturated heterocycles. The van der Waals surface area contributed by atoms with Gasteiger partial charge in [-0.15, -0.1) is 0 Å². The van der Waals surface area contributed by atoms with Gasteiger partial charge in [0.2, 0.25) is 17.7 Å². The molecule has 0 aromatic heterocycles. The molecule has 0 bridgehead atoms. The van der Waals surface area contributed by atoms with E-state index in [-0.39, 0.29) is 80.0 Å². The number of guanidine groups is 2. The summed E-state index contributed by atoms with van der Waals surface area (Å²) in [6, 6.07) is -2.27. The Bertz CT molecular complexity index is 1380. The Labute approximate surface area is 379 Å². The number of hydrogen-bond donors (Lipinski definition) is 8. The summed E-state index contributed by atoms with van der Waals surface area (Å²) < 4.78 is 0. The summed E-state index contributed by atoms with van der Waals surface area (Å²) in [7, 11) is 1.49. The van der Waals surface area contributed by atoms with Crippen LogP contribution in [0.5, 0.6) is 0 Å². The van der Waals surface area contributed by atoms with Gasteiger partial charge in [-0.05, 0) is 43.9 Å². The standard InChI is InChI=1S/C47H89N9O7/c1-7-10-11-12-13-14-15-16-17-18-19-20-21-26-37(58)29-35(24-22-27-53-46(48)49)44(62)56-42(34(5)9-3)41(60)30-36(25-23-28-54-47(50)51)43(61)55-39(32-57)40(59)31-38(33(4)8-2)45(63)52-6/h33-36,38-39,42,57H,7-32H2,1-6H3,(H,52,63)(H,55,61)(H,56,62)(H4,48,49,53)(H4,50,51,54)/t33-,34-,35+,36+,38-,39-,42-/m0/s1. The van der Waals surface area contributed by atoms with Crippen LogP contribution in [0.4, 0.5) is 0 Å². The first kappa shape index (κ1) is 58.9. The average molecular weight is 892 g/mol. The number of hydrogen-bond acceptors (Lipinski definition) is 9. The number of nitrogens with two attached hydrogens (primary N) is 4. The number of aliphatic imine (C=N–C) groups is 2. The highest BCUT2D eigenvalue weighted by Gasteiger charge is 2.35. The van der Waals surface area contributed by atoms with Gasteiger partial charge in [0, 0.05) is 63.6 Å². The Balaban J connectivity index is 5.87. The lowest BCUT2D eigenvalue weighted by Crippen LogP contribution is -2.50. The summed E-state index contributed by atoms with van der Waals surface area (Å²) in [5.41, 5.74) is 22.0. The molecule has 63 heavy (non-hydrogen) atoms. The molecule has 7 atom stereocenters. The number of nitrogens with zero attached hydrogens (tertiary/aromatic N) is 2. The van der Waals surface area contributed by atoms with Crippen LogP contribution in [0.2, 0.25) is 0 Å². The van der Waals surface area contributed by atoms with Crippen molar-refractivity contribution in [1.29, 1.82) is 0 Å². The minimum atomic E-state index is -1.30. The van der Waals surface area contributed by atoms with Crippen molar-refractivity contribution in [3.8, 4) is 0 Å². The number of ketones is 3. The fourth-order valence-corrected chi connectivity index (χ4v) is 7.78. The van der Waals surface area contributed by atoms with Crippen molar-refractivity contribution in [3.05, 3.63) is 0 Å². The molecule has 0 aromatic rings. The first-order valence-corrected chi connectivity index (χ1v) is 24.2. The first-order chi connectivity index (χ1) is 30.1. The van der Waals surface area contributed by atoms with Crippen molar-refractivity contribution in [1.82, 2.24) is 16.0 Å². The van der Waals surface area contributed by atoms with Gasteiger partial charge in [-0.3, -0.25) is 38.8 Å². The molecular formula is C47H89N9O7. The number of carbonyl (C=O) groups excluding carboxylic acids is 6. The van der Waals surface area contributed by atoms with E-state index in [0.29, 0.717) is 38.5 Å². The van der Waals surface area contributed by atoms with Crippen LogP contribution in [0.25, 0.3) is 0 Å². The molecular weight excluding hydrogens is 803 g/mol. The Morgan fingerprint density at radius 1 is 0.556 bits per heavy atom. The lowest BCUT2D eigenvalue weighted by Gasteiger charge is -2.28. The van der Waals surface area contributed by atoms with Crippen LogP contribution >= 0.6 is 0 Å². The second-order valence-corrected chi connectivity index (χ2v) is 17.6. The van der Waals surface area contributed by atoms with Crippen LogP contribution in [-0.4, -0.2) is 90.9 Å². The summed E-state index contributed by atoms with van der Waals surface area (Å²) in [6.45, 7) is 9.50. The summed E-state index contributed by atoms with van der Waals surface area (Å²) in [4.78, 5) is 89.3. The van der Waals surface area contributed by atoms with Gasteiger partial charge in [0.05, 0.1) is 12.6 Å². The molecule has 0 aliphatic heterocycles. The molecule has 0 spiro atoms. The number of aliphatic hydroxyl groups is 1.